The third-order valence-corrected chi connectivity index (χ3v) is 4.65. The van der Waals surface area contributed by atoms with Crippen LogP contribution in [0.3, 0.4) is 0 Å². The van der Waals surface area contributed by atoms with Crippen LogP contribution in [-0.2, 0) is 11.3 Å². The van der Waals surface area contributed by atoms with E-state index in [-0.39, 0.29) is 5.56 Å². The van der Waals surface area contributed by atoms with Gasteiger partial charge in [-0.2, -0.15) is 0 Å². The molecule has 1 fully saturated rings. The van der Waals surface area contributed by atoms with Crippen molar-refractivity contribution >= 4 is 5.52 Å². The Bertz CT molecular complexity index is 924. The van der Waals surface area contributed by atoms with Crippen LogP contribution in [0.1, 0.15) is 35.8 Å². The van der Waals surface area contributed by atoms with Crippen LogP contribution in [0, 0.1) is 6.92 Å². The average Bonchev–Trinajstić information content (AvgIpc) is 3.07. The summed E-state index contributed by atoms with van der Waals surface area (Å²) >= 11 is 0. The number of ether oxygens (including phenoxy) is 1. The molecular formula is C19H21N3O3. The SMILES string of the molecule is Cc1cn2c(C3CCOCC3)ncc2c(=O)n1OCc1ccccc1. The van der Waals surface area contributed by atoms with Gasteiger partial charge in [-0.05, 0) is 25.3 Å². The summed E-state index contributed by atoms with van der Waals surface area (Å²) in [5.74, 6) is 1.27. The summed E-state index contributed by atoms with van der Waals surface area (Å²) in [6.07, 6.45) is 5.45. The number of imidazole rings is 1. The van der Waals surface area contributed by atoms with E-state index in [0.717, 1.165) is 43.1 Å². The van der Waals surface area contributed by atoms with Gasteiger partial charge in [0.2, 0.25) is 0 Å². The summed E-state index contributed by atoms with van der Waals surface area (Å²) in [6, 6.07) is 9.81. The standard InChI is InChI=1S/C19H21N3O3/c1-14-12-21-17(11-20-18(21)16-7-9-24-10-8-16)19(23)22(14)25-13-15-5-3-2-4-6-15/h2-6,11-12,16H,7-10,13H2,1H3. The van der Waals surface area contributed by atoms with Crippen molar-refractivity contribution in [3.05, 3.63) is 70.2 Å². The first-order chi connectivity index (χ1) is 12.2. The predicted molar refractivity (Wildman–Crippen MR) is 93.7 cm³/mol. The maximum atomic E-state index is 12.8. The molecule has 1 aliphatic rings. The zero-order chi connectivity index (χ0) is 17.2. The van der Waals surface area contributed by atoms with Gasteiger partial charge >= 0.3 is 5.56 Å². The smallest absolute Gasteiger partial charge is 0.309 e. The van der Waals surface area contributed by atoms with Crippen LogP contribution < -0.4 is 10.4 Å². The minimum atomic E-state index is -0.179. The molecule has 0 spiro atoms. The highest BCUT2D eigenvalue weighted by Gasteiger charge is 2.22. The number of aryl methyl sites for hydroxylation is 1. The molecule has 130 valence electrons. The molecule has 25 heavy (non-hydrogen) atoms. The second-order valence-corrected chi connectivity index (χ2v) is 6.39. The molecule has 0 amide bonds. The van der Waals surface area contributed by atoms with Gasteiger partial charge in [-0.3, -0.25) is 9.20 Å². The molecule has 0 aliphatic carbocycles. The molecule has 3 heterocycles. The number of hydrogen-bond donors (Lipinski definition) is 0. The van der Waals surface area contributed by atoms with E-state index in [1.54, 1.807) is 6.20 Å². The van der Waals surface area contributed by atoms with E-state index in [2.05, 4.69) is 4.98 Å². The highest BCUT2D eigenvalue weighted by molar-refractivity contribution is 5.44. The lowest BCUT2D eigenvalue weighted by molar-refractivity contribution is 0.0822. The number of fused-ring (bicyclic) bond motifs is 1. The van der Waals surface area contributed by atoms with Crippen molar-refractivity contribution in [3.63, 3.8) is 0 Å². The van der Waals surface area contributed by atoms with E-state index in [1.165, 1.54) is 4.73 Å². The zero-order valence-corrected chi connectivity index (χ0v) is 14.2. The Kier molecular flexibility index (Phi) is 4.28. The van der Waals surface area contributed by atoms with Gasteiger partial charge in [0, 0.05) is 25.3 Å². The molecule has 0 saturated carbocycles. The molecule has 0 atom stereocenters. The fourth-order valence-electron chi connectivity index (χ4n) is 3.30. The predicted octanol–water partition coefficient (Wildman–Crippen LogP) is 2.33. The van der Waals surface area contributed by atoms with Crippen molar-refractivity contribution in [2.45, 2.75) is 32.3 Å². The van der Waals surface area contributed by atoms with Crippen molar-refractivity contribution in [2.75, 3.05) is 13.2 Å². The number of rotatable bonds is 4. The highest BCUT2D eigenvalue weighted by atomic mass is 16.7. The first-order valence-corrected chi connectivity index (χ1v) is 8.58. The Hall–Kier alpha value is -2.60. The summed E-state index contributed by atoms with van der Waals surface area (Å²) < 4.78 is 8.70. The first-order valence-electron chi connectivity index (χ1n) is 8.58. The molecule has 1 aromatic carbocycles. The van der Waals surface area contributed by atoms with Crippen molar-refractivity contribution < 1.29 is 9.57 Å². The highest BCUT2D eigenvalue weighted by Crippen LogP contribution is 2.26. The molecule has 3 aromatic rings. The lowest BCUT2D eigenvalue weighted by Gasteiger charge is -2.21. The quantitative estimate of drug-likeness (QED) is 0.732. The van der Waals surface area contributed by atoms with E-state index in [0.29, 0.717) is 18.0 Å². The van der Waals surface area contributed by atoms with E-state index < -0.39 is 0 Å². The largest absolute Gasteiger partial charge is 0.406 e. The van der Waals surface area contributed by atoms with Crippen molar-refractivity contribution in [3.8, 4) is 0 Å². The Morgan fingerprint density at radius 3 is 2.76 bits per heavy atom. The van der Waals surface area contributed by atoms with Crippen LogP contribution in [0.4, 0.5) is 0 Å². The molecule has 6 nitrogen and oxygen atoms in total. The Morgan fingerprint density at radius 1 is 1.24 bits per heavy atom. The van der Waals surface area contributed by atoms with E-state index >= 15 is 0 Å². The summed E-state index contributed by atoms with van der Waals surface area (Å²) in [5, 5.41) is 0. The van der Waals surface area contributed by atoms with Gasteiger partial charge in [-0.15, -0.1) is 4.73 Å². The maximum absolute atomic E-state index is 12.8. The van der Waals surface area contributed by atoms with E-state index in [1.807, 2.05) is 47.9 Å². The maximum Gasteiger partial charge on any atom is 0.309 e. The molecular weight excluding hydrogens is 318 g/mol. The van der Waals surface area contributed by atoms with Crippen LogP contribution in [0.5, 0.6) is 0 Å². The van der Waals surface area contributed by atoms with Crippen LogP contribution in [0.2, 0.25) is 0 Å². The van der Waals surface area contributed by atoms with Gasteiger partial charge in [0.25, 0.3) is 0 Å². The number of benzene rings is 1. The summed E-state index contributed by atoms with van der Waals surface area (Å²) in [7, 11) is 0. The Balaban J connectivity index is 1.66. The van der Waals surface area contributed by atoms with Crippen molar-refractivity contribution in [1.82, 2.24) is 14.1 Å². The molecule has 0 N–H and O–H groups in total. The number of nitrogens with zero attached hydrogens (tertiary/aromatic N) is 3. The molecule has 1 aliphatic heterocycles. The lowest BCUT2D eigenvalue weighted by Crippen LogP contribution is -2.30. The topological polar surface area (TPSA) is 57.8 Å². The fourth-order valence-corrected chi connectivity index (χ4v) is 3.30. The Labute approximate surface area is 145 Å². The van der Waals surface area contributed by atoms with Crippen molar-refractivity contribution in [1.29, 1.82) is 0 Å². The molecule has 4 rings (SSSR count). The first kappa shape index (κ1) is 15.9. The monoisotopic (exact) mass is 339 g/mol. The van der Waals surface area contributed by atoms with Crippen LogP contribution in [0.15, 0.2) is 47.5 Å². The van der Waals surface area contributed by atoms with Crippen LogP contribution in [0.25, 0.3) is 5.52 Å². The normalized spacial score (nSPS) is 15.6. The van der Waals surface area contributed by atoms with Gasteiger partial charge in [-0.1, -0.05) is 30.3 Å². The van der Waals surface area contributed by atoms with Gasteiger partial charge in [0.15, 0.2) is 0 Å². The Morgan fingerprint density at radius 2 is 2.00 bits per heavy atom. The van der Waals surface area contributed by atoms with E-state index in [9.17, 15) is 4.79 Å². The molecule has 0 unspecified atom stereocenters. The lowest BCUT2D eigenvalue weighted by atomic mass is 10.00. The van der Waals surface area contributed by atoms with Gasteiger partial charge in [0.05, 0.1) is 11.9 Å². The van der Waals surface area contributed by atoms with Gasteiger partial charge in [-0.25, -0.2) is 4.98 Å². The molecule has 0 bridgehead atoms. The van der Waals surface area contributed by atoms with Crippen molar-refractivity contribution in [2.24, 2.45) is 0 Å². The zero-order valence-electron chi connectivity index (χ0n) is 14.2. The second kappa shape index (κ2) is 6.72. The van der Waals surface area contributed by atoms with Crippen LogP contribution in [-0.4, -0.2) is 27.3 Å². The third-order valence-electron chi connectivity index (χ3n) is 4.65. The minimum absolute atomic E-state index is 0.179. The number of aromatic nitrogens is 3. The van der Waals surface area contributed by atoms with Crippen LogP contribution >= 0.6 is 0 Å². The fraction of sp³-hybridized carbons (Fsp3) is 0.368. The molecule has 1 saturated heterocycles. The van der Waals surface area contributed by atoms with Gasteiger partial charge < -0.3 is 9.57 Å². The average molecular weight is 339 g/mol. The summed E-state index contributed by atoms with van der Waals surface area (Å²) in [6.45, 7) is 3.71. The number of hydrogen-bond acceptors (Lipinski definition) is 4. The van der Waals surface area contributed by atoms with Gasteiger partial charge in [0.1, 0.15) is 17.9 Å². The third kappa shape index (κ3) is 3.05. The summed E-state index contributed by atoms with van der Waals surface area (Å²) in [4.78, 5) is 23.1. The molecule has 6 heteroatoms. The molecule has 2 aromatic heterocycles. The summed E-state index contributed by atoms with van der Waals surface area (Å²) in [5.41, 5.74) is 2.13. The molecule has 0 radical (unpaired) electrons. The van der Waals surface area contributed by atoms with E-state index in [4.69, 9.17) is 9.57 Å². The second-order valence-electron chi connectivity index (χ2n) is 6.39. The minimum Gasteiger partial charge on any atom is -0.406 e.